The van der Waals surface area contributed by atoms with E-state index in [0.29, 0.717) is 13.0 Å². The van der Waals surface area contributed by atoms with E-state index in [0.717, 1.165) is 19.3 Å². The minimum atomic E-state index is -1.08. The average molecular weight is 310 g/mol. The molecule has 0 spiro atoms. The molecule has 1 aliphatic rings. The highest BCUT2D eigenvalue weighted by Crippen LogP contribution is 2.47. The molecule has 0 bridgehead atoms. The Bertz CT molecular complexity index is 598. The van der Waals surface area contributed by atoms with Crippen LogP contribution in [0, 0.1) is 39.9 Å². The first-order valence-corrected chi connectivity index (χ1v) is 8.17. The van der Waals surface area contributed by atoms with Gasteiger partial charge in [0, 0.05) is 5.92 Å². The van der Waals surface area contributed by atoms with Crippen molar-refractivity contribution in [3.05, 3.63) is 35.9 Å². The molecule has 0 heterocycles. The smallest absolute Gasteiger partial charge is 0.306 e. The number of nitriles is 2. The normalized spacial score (nSPS) is 22.6. The fourth-order valence-electron chi connectivity index (χ4n) is 3.64. The minimum Gasteiger partial charge on any atom is -0.466 e. The van der Waals surface area contributed by atoms with Crippen molar-refractivity contribution in [3.8, 4) is 12.1 Å². The molecule has 0 saturated heterocycles. The van der Waals surface area contributed by atoms with Crippen molar-refractivity contribution in [1.82, 2.24) is 0 Å². The van der Waals surface area contributed by atoms with Crippen LogP contribution in [0.15, 0.2) is 30.3 Å². The molecule has 1 aromatic carbocycles. The number of hydrogen-bond acceptors (Lipinski definition) is 4. The number of benzene rings is 1. The summed E-state index contributed by atoms with van der Waals surface area (Å²) in [5.74, 6) is -0.437. The van der Waals surface area contributed by atoms with Crippen molar-refractivity contribution in [2.45, 2.75) is 39.0 Å². The summed E-state index contributed by atoms with van der Waals surface area (Å²) in [5.41, 5.74) is 0.0998. The van der Waals surface area contributed by atoms with Crippen LogP contribution in [0.5, 0.6) is 0 Å². The highest BCUT2D eigenvalue weighted by Gasteiger charge is 2.47. The molecule has 1 aromatic rings. The molecule has 0 radical (unpaired) electrons. The van der Waals surface area contributed by atoms with Gasteiger partial charge in [-0.2, -0.15) is 10.5 Å². The van der Waals surface area contributed by atoms with Gasteiger partial charge in [0.1, 0.15) is 5.41 Å². The summed E-state index contributed by atoms with van der Waals surface area (Å²) in [6.07, 6.45) is 3.25. The number of carbonyl (C=O) groups is 1. The number of hydrogen-bond donors (Lipinski definition) is 0. The molecule has 0 aliphatic heterocycles. The van der Waals surface area contributed by atoms with E-state index < -0.39 is 5.41 Å². The molecule has 2 rings (SSSR count). The molecular weight excluding hydrogens is 288 g/mol. The van der Waals surface area contributed by atoms with Crippen LogP contribution in [0.4, 0.5) is 0 Å². The van der Waals surface area contributed by atoms with Crippen LogP contribution in [-0.2, 0) is 16.0 Å². The molecule has 1 aliphatic carbocycles. The number of nitrogens with zero attached hydrogens (tertiary/aromatic N) is 2. The van der Waals surface area contributed by atoms with Gasteiger partial charge in [0.05, 0.1) is 25.2 Å². The lowest BCUT2D eigenvalue weighted by atomic mass is 9.60. The molecule has 0 amide bonds. The van der Waals surface area contributed by atoms with Crippen molar-refractivity contribution >= 4 is 5.97 Å². The van der Waals surface area contributed by atoms with Crippen LogP contribution in [0.25, 0.3) is 0 Å². The molecule has 0 aromatic heterocycles. The van der Waals surface area contributed by atoms with Gasteiger partial charge >= 0.3 is 5.97 Å². The third-order valence-corrected chi connectivity index (χ3v) is 4.78. The number of esters is 1. The maximum absolute atomic E-state index is 12.0. The lowest BCUT2D eigenvalue weighted by molar-refractivity contribution is -0.145. The van der Waals surface area contributed by atoms with Crippen molar-refractivity contribution in [3.63, 3.8) is 0 Å². The minimum absolute atomic E-state index is 0.145. The zero-order valence-electron chi connectivity index (χ0n) is 13.5. The maximum Gasteiger partial charge on any atom is 0.306 e. The summed E-state index contributed by atoms with van der Waals surface area (Å²) in [4.78, 5) is 12.0. The Morgan fingerprint density at radius 1 is 1.30 bits per heavy atom. The second-order valence-corrected chi connectivity index (χ2v) is 6.15. The van der Waals surface area contributed by atoms with Crippen LogP contribution in [0.1, 0.15) is 38.2 Å². The summed E-state index contributed by atoms with van der Waals surface area (Å²) in [7, 11) is 0. The lowest BCUT2D eigenvalue weighted by Crippen LogP contribution is -2.40. The van der Waals surface area contributed by atoms with Gasteiger partial charge in [0.2, 0.25) is 0 Å². The van der Waals surface area contributed by atoms with E-state index in [1.54, 1.807) is 6.92 Å². The van der Waals surface area contributed by atoms with Crippen molar-refractivity contribution < 1.29 is 9.53 Å². The highest BCUT2D eigenvalue weighted by atomic mass is 16.5. The molecule has 120 valence electrons. The molecule has 0 N–H and O–H groups in total. The van der Waals surface area contributed by atoms with Gasteiger partial charge in [0.25, 0.3) is 0 Å². The molecular formula is C19H22N2O2. The Labute approximate surface area is 137 Å². The van der Waals surface area contributed by atoms with Gasteiger partial charge in [-0.05, 0) is 37.7 Å². The Hall–Kier alpha value is -2.33. The average Bonchev–Trinajstić information content (AvgIpc) is 2.58. The Kier molecular flexibility index (Phi) is 5.77. The SMILES string of the molecule is CCOC(=O)C[C@H]1[C@@H](Cc2ccccc2)CCCC1(C#N)C#N. The summed E-state index contributed by atoms with van der Waals surface area (Å²) in [5, 5.41) is 19.2. The Morgan fingerprint density at radius 2 is 2.00 bits per heavy atom. The zero-order chi connectivity index (χ0) is 16.7. The predicted octanol–water partition coefficient (Wildman–Crippen LogP) is 3.63. The molecule has 1 saturated carbocycles. The van der Waals surface area contributed by atoms with Gasteiger partial charge in [-0.15, -0.1) is 0 Å². The monoisotopic (exact) mass is 310 g/mol. The predicted molar refractivity (Wildman–Crippen MR) is 85.9 cm³/mol. The van der Waals surface area contributed by atoms with E-state index in [1.165, 1.54) is 5.56 Å². The molecule has 4 nitrogen and oxygen atoms in total. The standard InChI is InChI=1S/C19H22N2O2/c1-2-23-18(22)12-17-16(11-15-7-4-3-5-8-15)9-6-10-19(17,13-20)14-21/h3-5,7-8,16-17H,2,6,9-12H2,1H3/t16-,17+/m1/s1. The van der Waals surface area contributed by atoms with Crippen LogP contribution >= 0.6 is 0 Å². The summed E-state index contributed by atoms with van der Waals surface area (Å²) in [6, 6.07) is 14.5. The maximum atomic E-state index is 12.0. The van der Waals surface area contributed by atoms with Gasteiger partial charge in [-0.25, -0.2) is 0 Å². The second-order valence-electron chi connectivity index (χ2n) is 6.15. The molecule has 1 fully saturated rings. The molecule has 2 atom stereocenters. The van der Waals surface area contributed by atoms with E-state index in [1.807, 2.05) is 18.2 Å². The van der Waals surface area contributed by atoms with Crippen molar-refractivity contribution in [1.29, 1.82) is 10.5 Å². The number of carbonyl (C=O) groups excluding carboxylic acids is 1. The fourth-order valence-corrected chi connectivity index (χ4v) is 3.64. The van der Waals surface area contributed by atoms with Gasteiger partial charge in [0.15, 0.2) is 0 Å². The van der Waals surface area contributed by atoms with E-state index in [9.17, 15) is 15.3 Å². The van der Waals surface area contributed by atoms with E-state index in [-0.39, 0.29) is 24.2 Å². The Morgan fingerprint density at radius 3 is 2.61 bits per heavy atom. The molecule has 23 heavy (non-hydrogen) atoms. The summed E-state index contributed by atoms with van der Waals surface area (Å²) >= 11 is 0. The first kappa shape index (κ1) is 17.0. The third-order valence-electron chi connectivity index (χ3n) is 4.78. The topological polar surface area (TPSA) is 73.9 Å². The fraction of sp³-hybridized carbons (Fsp3) is 0.526. The van der Waals surface area contributed by atoms with Crippen molar-refractivity contribution in [2.75, 3.05) is 6.61 Å². The van der Waals surface area contributed by atoms with Gasteiger partial charge < -0.3 is 4.74 Å². The van der Waals surface area contributed by atoms with Crippen molar-refractivity contribution in [2.24, 2.45) is 17.3 Å². The van der Waals surface area contributed by atoms with Crippen LogP contribution < -0.4 is 0 Å². The first-order valence-electron chi connectivity index (χ1n) is 8.17. The number of rotatable bonds is 5. The van der Waals surface area contributed by atoms with Gasteiger partial charge in [-0.1, -0.05) is 36.8 Å². The number of ether oxygens (including phenoxy) is 1. The third kappa shape index (κ3) is 3.90. The zero-order valence-corrected chi connectivity index (χ0v) is 13.5. The second kappa shape index (κ2) is 7.79. The summed E-state index contributed by atoms with van der Waals surface area (Å²) < 4.78 is 5.07. The van der Waals surface area contributed by atoms with E-state index >= 15 is 0 Å². The molecule has 0 unspecified atom stereocenters. The lowest BCUT2D eigenvalue weighted by Gasteiger charge is -2.39. The van der Waals surface area contributed by atoms with E-state index in [2.05, 4.69) is 24.3 Å². The highest BCUT2D eigenvalue weighted by molar-refractivity contribution is 5.70. The van der Waals surface area contributed by atoms with Gasteiger partial charge in [-0.3, -0.25) is 4.79 Å². The summed E-state index contributed by atoms with van der Waals surface area (Å²) in [6.45, 7) is 2.09. The first-order chi connectivity index (χ1) is 11.1. The van der Waals surface area contributed by atoms with Crippen LogP contribution in [-0.4, -0.2) is 12.6 Å². The largest absolute Gasteiger partial charge is 0.466 e. The Balaban J connectivity index is 2.25. The van der Waals surface area contributed by atoms with Crippen LogP contribution in [0.3, 0.4) is 0 Å². The quantitative estimate of drug-likeness (QED) is 0.778. The van der Waals surface area contributed by atoms with Crippen LogP contribution in [0.2, 0.25) is 0 Å². The molecule has 4 heteroatoms. The van der Waals surface area contributed by atoms with E-state index in [4.69, 9.17) is 4.74 Å².